The first-order chi connectivity index (χ1) is 9.83. The highest BCUT2D eigenvalue weighted by atomic mass is 32.2. The lowest BCUT2D eigenvalue weighted by Gasteiger charge is -2.11. The fraction of sp³-hybridized carbons (Fsp3) is 0.0769. The van der Waals surface area contributed by atoms with E-state index in [9.17, 15) is 22.3 Å². The number of ether oxygens (including phenoxy) is 1. The van der Waals surface area contributed by atoms with E-state index in [1.165, 1.54) is 25.3 Å². The van der Waals surface area contributed by atoms with Gasteiger partial charge in [0.1, 0.15) is 11.5 Å². The van der Waals surface area contributed by atoms with Crippen LogP contribution in [-0.4, -0.2) is 20.6 Å². The molecular weight excluding hydrogens is 304 g/mol. The average molecular weight is 315 g/mol. The summed E-state index contributed by atoms with van der Waals surface area (Å²) in [5.41, 5.74) is -0.140. The molecule has 0 aliphatic carbocycles. The largest absolute Gasteiger partial charge is 0.506 e. The Balaban J connectivity index is 2.39. The molecule has 21 heavy (non-hydrogen) atoms. The van der Waals surface area contributed by atoms with Crippen LogP contribution in [0, 0.1) is 11.6 Å². The number of hydrogen-bond acceptors (Lipinski definition) is 4. The minimum atomic E-state index is -4.17. The smallest absolute Gasteiger partial charge is 0.262 e. The number of benzene rings is 2. The summed E-state index contributed by atoms with van der Waals surface area (Å²) in [4.78, 5) is -0.469. The van der Waals surface area contributed by atoms with Gasteiger partial charge >= 0.3 is 0 Å². The van der Waals surface area contributed by atoms with Crippen LogP contribution in [0.2, 0.25) is 0 Å². The molecule has 0 aliphatic heterocycles. The molecule has 2 rings (SSSR count). The van der Waals surface area contributed by atoms with E-state index >= 15 is 0 Å². The Morgan fingerprint density at radius 3 is 2.43 bits per heavy atom. The molecule has 0 saturated carbocycles. The lowest BCUT2D eigenvalue weighted by Crippen LogP contribution is -2.13. The van der Waals surface area contributed by atoms with Crippen LogP contribution in [0.3, 0.4) is 0 Å². The Labute approximate surface area is 119 Å². The summed E-state index contributed by atoms with van der Waals surface area (Å²) in [6.07, 6.45) is 0. The molecule has 8 heteroatoms. The van der Waals surface area contributed by atoms with Gasteiger partial charge < -0.3 is 9.84 Å². The summed E-state index contributed by atoms with van der Waals surface area (Å²) in [6, 6.07) is 6.10. The first kappa shape index (κ1) is 15.0. The van der Waals surface area contributed by atoms with Crippen LogP contribution in [-0.2, 0) is 10.0 Å². The number of rotatable bonds is 4. The minimum Gasteiger partial charge on any atom is -0.506 e. The van der Waals surface area contributed by atoms with Gasteiger partial charge in [0, 0.05) is 6.07 Å². The molecule has 0 atom stereocenters. The molecule has 0 radical (unpaired) electrons. The van der Waals surface area contributed by atoms with Crippen molar-refractivity contribution in [3.8, 4) is 11.5 Å². The third kappa shape index (κ3) is 3.22. The number of phenols is 1. The second-order valence-corrected chi connectivity index (χ2v) is 5.75. The van der Waals surface area contributed by atoms with Crippen molar-refractivity contribution in [3.05, 3.63) is 48.0 Å². The molecule has 5 nitrogen and oxygen atoms in total. The Hall–Kier alpha value is -2.35. The lowest BCUT2D eigenvalue weighted by atomic mass is 10.3. The molecule has 2 N–H and O–H groups in total. The van der Waals surface area contributed by atoms with Crippen molar-refractivity contribution in [1.29, 1.82) is 0 Å². The van der Waals surface area contributed by atoms with E-state index in [-0.39, 0.29) is 11.4 Å². The molecule has 0 saturated heterocycles. The van der Waals surface area contributed by atoms with Gasteiger partial charge in [-0.15, -0.1) is 0 Å². The highest BCUT2D eigenvalue weighted by Gasteiger charge is 2.18. The van der Waals surface area contributed by atoms with Gasteiger partial charge in [0.2, 0.25) is 0 Å². The van der Waals surface area contributed by atoms with E-state index in [1.807, 2.05) is 0 Å². The van der Waals surface area contributed by atoms with Crippen molar-refractivity contribution in [2.45, 2.75) is 4.90 Å². The normalized spacial score (nSPS) is 11.2. The van der Waals surface area contributed by atoms with E-state index < -0.39 is 26.6 Å². The van der Waals surface area contributed by atoms with Gasteiger partial charge in [0.25, 0.3) is 10.0 Å². The molecule has 0 aromatic heterocycles. The monoisotopic (exact) mass is 315 g/mol. The fourth-order valence-corrected chi connectivity index (χ4v) is 2.65. The summed E-state index contributed by atoms with van der Waals surface area (Å²) in [5, 5.41) is 9.62. The van der Waals surface area contributed by atoms with Crippen molar-refractivity contribution in [2.24, 2.45) is 0 Å². The number of phenolic OH excluding ortho intramolecular Hbond substituents is 1. The second kappa shape index (κ2) is 5.57. The Morgan fingerprint density at radius 2 is 1.81 bits per heavy atom. The number of halogens is 2. The van der Waals surface area contributed by atoms with Crippen LogP contribution >= 0.6 is 0 Å². The second-order valence-electron chi connectivity index (χ2n) is 4.06. The predicted octanol–water partition coefficient (Wildman–Crippen LogP) is 2.48. The van der Waals surface area contributed by atoms with Crippen molar-refractivity contribution in [1.82, 2.24) is 0 Å². The maximum Gasteiger partial charge on any atom is 0.262 e. The zero-order valence-corrected chi connectivity index (χ0v) is 11.6. The van der Waals surface area contributed by atoms with Crippen LogP contribution in [0.15, 0.2) is 41.3 Å². The summed E-state index contributed by atoms with van der Waals surface area (Å²) >= 11 is 0. The maximum absolute atomic E-state index is 13.1. The first-order valence-electron chi connectivity index (χ1n) is 5.68. The molecule has 0 aliphatic rings. The number of sulfonamides is 1. The number of methoxy groups -OCH3 is 1. The van der Waals surface area contributed by atoms with E-state index in [0.717, 1.165) is 6.07 Å². The summed E-state index contributed by atoms with van der Waals surface area (Å²) in [6.45, 7) is 0. The SMILES string of the molecule is COc1ccc(O)c(NS(=O)(=O)c2ccc(F)c(F)c2)c1. The zero-order chi connectivity index (χ0) is 15.6. The average Bonchev–Trinajstić information content (AvgIpc) is 2.44. The molecule has 112 valence electrons. The van der Waals surface area contributed by atoms with E-state index in [1.54, 1.807) is 0 Å². The van der Waals surface area contributed by atoms with Crippen molar-refractivity contribution < 1.29 is 27.0 Å². The topological polar surface area (TPSA) is 75.6 Å². The van der Waals surface area contributed by atoms with Crippen LogP contribution < -0.4 is 9.46 Å². The van der Waals surface area contributed by atoms with Gasteiger partial charge in [0.05, 0.1) is 17.7 Å². The molecule has 2 aromatic carbocycles. The predicted molar refractivity (Wildman–Crippen MR) is 71.8 cm³/mol. The summed E-state index contributed by atoms with van der Waals surface area (Å²) < 4.78 is 57.1. The van der Waals surface area contributed by atoms with Crippen molar-refractivity contribution >= 4 is 15.7 Å². The van der Waals surface area contributed by atoms with Crippen LogP contribution in [0.1, 0.15) is 0 Å². The van der Waals surface area contributed by atoms with Gasteiger partial charge in [-0.25, -0.2) is 17.2 Å². The van der Waals surface area contributed by atoms with Gasteiger partial charge in [-0.2, -0.15) is 0 Å². The molecule has 0 unspecified atom stereocenters. The molecule has 0 bridgehead atoms. The molecule has 0 heterocycles. The third-order valence-corrected chi connectivity index (χ3v) is 4.01. The lowest BCUT2D eigenvalue weighted by molar-refractivity contribution is 0.413. The van der Waals surface area contributed by atoms with Gasteiger partial charge in [-0.1, -0.05) is 0 Å². The first-order valence-corrected chi connectivity index (χ1v) is 7.16. The molecular formula is C13H11F2NO4S. The van der Waals surface area contributed by atoms with Gasteiger partial charge in [0.15, 0.2) is 11.6 Å². The third-order valence-electron chi connectivity index (χ3n) is 2.65. The number of nitrogens with one attached hydrogen (secondary N) is 1. The Bertz CT molecular complexity index is 778. The summed E-state index contributed by atoms with van der Waals surface area (Å²) in [7, 11) is -2.80. The number of anilines is 1. The Morgan fingerprint density at radius 1 is 1.10 bits per heavy atom. The van der Waals surface area contributed by atoms with Crippen molar-refractivity contribution in [2.75, 3.05) is 11.8 Å². The Kier molecular flexibility index (Phi) is 3.99. The van der Waals surface area contributed by atoms with Crippen LogP contribution in [0.5, 0.6) is 11.5 Å². The minimum absolute atomic E-state index is 0.140. The quantitative estimate of drug-likeness (QED) is 0.850. The van der Waals surface area contributed by atoms with E-state index in [0.29, 0.717) is 17.9 Å². The molecule has 2 aromatic rings. The maximum atomic E-state index is 13.1. The number of aromatic hydroxyl groups is 1. The van der Waals surface area contributed by atoms with Crippen molar-refractivity contribution in [3.63, 3.8) is 0 Å². The van der Waals surface area contributed by atoms with Crippen LogP contribution in [0.4, 0.5) is 14.5 Å². The van der Waals surface area contributed by atoms with Gasteiger partial charge in [-0.05, 0) is 30.3 Å². The highest BCUT2D eigenvalue weighted by molar-refractivity contribution is 7.92. The molecule has 0 amide bonds. The number of hydrogen-bond donors (Lipinski definition) is 2. The molecule has 0 fully saturated rings. The molecule has 0 spiro atoms. The zero-order valence-electron chi connectivity index (χ0n) is 10.8. The van der Waals surface area contributed by atoms with E-state index in [4.69, 9.17) is 4.74 Å². The van der Waals surface area contributed by atoms with E-state index in [2.05, 4.69) is 4.72 Å². The van der Waals surface area contributed by atoms with Crippen LogP contribution in [0.25, 0.3) is 0 Å². The van der Waals surface area contributed by atoms with Gasteiger partial charge in [-0.3, -0.25) is 4.72 Å². The summed E-state index contributed by atoms with van der Waals surface area (Å²) in [5.74, 6) is -2.45. The fourth-order valence-electron chi connectivity index (χ4n) is 1.57. The standard InChI is InChI=1S/C13H11F2NO4S/c1-20-8-2-5-13(17)12(6-8)16-21(18,19)9-3-4-10(14)11(15)7-9/h2-7,16-17H,1H3. The highest BCUT2D eigenvalue weighted by Crippen LogP contribution is 2.30.